The maximum Gasteiger partial charge on any atom is 0.152 e. The number of rotatable bonds is 5. The van der Waals surface area contributed by atoms with Gasteiger partial charge in [0.05, 0.1) is 11.9 Å². The topological polar surface area (TPSA) is 63.8 Å². The van der Waals surface area contributed by atoms with E-state index in [0.29, 0.717) is 11.7 Å². The Hall–Kier alpha value is -1.32. The van der Waals surface area contributed by atoms with E-state index in [9.17, 15) is 0 Å². The van der Waals surface area contributed by atoms with Crippen LogP contribution in [0.5, 0.6) is 0 Å². The zero-order valence-electron chi connectivity index (χ0n) is 8.83. The van der Waals surface area contributed by atoms with Gasteiger partial charge < -0.3 is 11.1 Å². The van der Waals surface area contributed by atoms with E-state index in [1.54, 1.807) is 6.20 Å². The van der Waals surface area contributed by atoms with Crippen LogP contribution < -0.4 is 11.1 Å². The van der Waals surface area contributed by atoms with Crippen LogP contribution in [0.1, 0.15) is 33.1 Å². The summed E-state index contributed by atoms with van der Waals surface area (Å²) in [6.45, 7) is 4.33. The lowest BCUT2D eigenvalue weighted by molar-refractivity contribution is 0.620. The summed E-state index contributed by atoms with van der Waals surface area (Å²) in [5, 5.41) is 3.32. The van der Waals surface area contributed by atoms with E-state index in [0.717, 1.165) is 25.1 Å². The molecule has 1 aromatic heterocycles. The van der Waals surface area contributed by atoms with Crippen molar-refractivity contribution in [2.75, 3.05) is 11.1 Å². The molecule has 78 valence electrons. The highest BCUT2D eigenvalue weighted by atomic mass is 15.1. The Balaban J connectivity index is 2.62. The van der Waals surface area contributed by atoms with Gasteiger partial charge in [-0.25, -0.2) is 9.97 Å². The van der Waals surface area contributed by atoms with Gasteiger partial charge in [0.2, 0.25) is 0 Å². The van der Waals surface area contributed by atoms with Gasteiger partial charge in [-0.05, 0) is 12.8 Å². The van der Waals surface area contributed by atoms with Crippen LogP contribution >= 0.6 is 0 Å². The van der Waals surface area contributed by atoms with E-state index >= 15 is 0 Å². The Labute approximate surface area is 85.0 Å². The quantitative estimate of drug-likeness (QED) is 0.753. The summed E-state index contributed by atoms with van der Waals surface area (Å²) in [6, 6.07) is 0.456. The number of nitrogens with two attached hydrogens (primary N) is 1. The second-order valence-electron chi connectivity index (χ2n) is 3.36. The number of nitrogen functional groups attached to an aromatic ring is 1. The third-order valence-electron chi connectivity index (χ3n) is 2.21. The summed E-state index contributed by atoms with van der Waals surface area (Å²) in [6.07, 6.45) is 6.51. The Morgan fingerprint density at radius 2 is 2.29 bits per heavy atom. The predicted molar refractivity (Wildman–Crippen MR) is 59.1 cm³/mol. The fraction of sp³-hybridized carbons (Fsp3) is 0.600. The first-order valence-electron chi connectivity index (χ1n) is 5.09. The van der Waals surface area contributed by atoms with Crippen molar-refractivity contribution in [3.8, 4) is 0 Å². The third-order valence-corrected chi connectivity index (χ3v) is 2.21. The van der Waals surface area contributed by atoms with E-state index in [-0.39, 0.29) is 0 Å². The molecule has 0 saturated carbocycles. The number of hydrogen-bond acceptors (Lipinski definition) is 4. The molecule has 0 saturated heterocycles. The summed E-state index contributed by atoms with van der Waals surface area (Å²) in [5.74, 6) is 0.750. The van der Waals surface area contributed by atoms with Gasteiger partial charge in [0, 0.05) is 6.04 Å². The van der Waals surface area contributed by atoms with Gasteiger partial charge in [-0.2, -0.15) is 0 Å². The second-order valence-corrected chi connectivity index (χ2v) is 3.36. The molecule has 1 unspecified atom stereocenters. The molecule has 0 spiro atoms. The van der Waals surface area contributed by atoms with E-state index in [4.69, 9.17) is 5.73 Å². The fourth-order valence-electron chi connectivity index (χ4n) is 1.38. The molecular formula is C10H18N4. The molecule has 0 amide bonds. The molecule has 14 heavy (non-hydrogen) atoms. The van der Waals surface area contributed by atoms with E-state index in [1.165, 1.54) is 6.33 Å². The van der Waals surface area contributed by atoms with E-state index in [1.807, 2.05) is 0 Å². The van der Waals surface area contributed by atoms with Crippen LogP contribution in [0, 0.1) is 0 Å². The van der Waals surface area contributed by atoms with Gasteiger partial charge in [0.25, 0.3) is 0 Å². The molecule has 1 heterocycles. The maximum absolute atomic E-state index is 5.73. The zero-order valence-corrected chi connectivity index (χ0v) is 8.83. The van der Waals surface area contributed by atoms with Gasteiger partial charge in [-0.1, -0.05) is 20.3 Å². The van der Waals surface area contributed by atoms with Crippen molar-refractivity contribution in [3.05, 3.63) is 12.5 Å². The summed E-state index contributed by atoms with van der Waals surface area (Å²) >= 11 is 0. The second kappa shape index (κ2) is 5.42. The number of aromatic nitrogens is 2. The van der Waals surface area contributed by atoms with Crippen molar-refractivity contribution in [3.63, 3.8) is 0 Å². The maximum atomic E-state index is 5.73. The smallest absolute Gasteiger partial charge is 0.152 e. The number of nitrogens with one attached hydrogen (secondary N) is 1. The molecule has 4 nitrogen and oxygen atoms in total. The number of nitrogens with zero attached hydrogens (tertiary/aromatic N) is 2. The van der Waals surface area contributed by atoms with Crippen molar-refractivity contribution in [1.29, 1.82) is 0 Å². The van der Waals surface area contributed by atoms with Gasteiger partial charge in [-0.3, -0.25) is 0 Å². The van der Waals surface area contributed by atoms with Gasteiger partial charge in [0.15, 0.2) is 5.82 Å². The van der Waals surface area contributed by atoms with Crippen LogP contribution in [0.25, 0.3) is 0 Å². The Morgan fingerprint density at radius 3 is 2.86 bits per heavy atom. The van der Waals surface area contributed by atoms with Crippen molar-refractivity contribution in [2.24, 2.45) is 0 Å². The average Bonchev–Trinajstić information content (AvgIpc) is 2.20. The predicted octanol–water partition coefficient (Wildman–Crippen LogP) is 2.05. The Kier molecular flexibility index (Phi) is 4.16. The first-order valence-corrected chi connectivity index (χ1v) is 5.09. The first-order chi connectivity index (χ1) is 6.77. The van der Waals surface area contributed by atoms with Crippen molar-refractivity contribution in [2.45, 2.75) is 39.2 Å². The highest BCUT2D eigenvalue weighted by Gasteiger charge is 2.07. The van der Waals surface area contributed by atoms with Crippen molar-refractivity contribution >= 4 is 11.5 Å². The van der Waals surface area contributed by atoms with E-state index < -0.39 is 0 Å². The third kappa shape index (κ3) is 2.87. The van der Waals surface area contributed by atoms with Gasteiger partial charge >= 0.3 is 0 Å². The molecule has 1 atom stereocenters. The molecule has 0 fully saturated rings. The highest BCUT2D eigenvalue weighted by molar-refractivity contribution is 5.59. The van der Waals surface area contributed by atoms with Crippen molar-refractivity contribution < 1.29 is 0 Å². The molecule has 0 radical (unpaired) electrons. The van der Waals surface area contributed by atoms with E-state index in [2.05, 4.69) is 29.1 Å². The fourth-order valence-corrected chi connectivity index (χ4v) is 1.38. The first kappa shape index (κ1) is 10.8. The summed E-state index contributed by atoms with van der Waals surface area (Å²) in [7, 11) is 0. The molecule has 0 bridgehead atoms. The summed E-state index contributed by atoms with van der Waals surface area (Å²) < 4.78 is 0. The number of hydrogen-bond donors (Lipinski definition) is 2. The molecular weight excluding hydrogens is 176 g/mol. The lowest BCUT2D eigenvalue weighted by Crippen LogP contribution is -2.19. The largest absolute Gasteiger partial charge is 0.394 e. The van der Waals surface area contributed by atoms with Crippen molar-refractivity contribution in [1.82, 2.24) is 9.97 Å². The van der Waals surface area contributed by atoms with Gasteiger partial charge in [0.1, 0.15) is 6.33 Å². The molecule has 1 rings (SSSR count). The SMILES string of the molecule is CCCC(CC)Nc1ncncc1N. The lowest BCUT2D eigenvalue weighted by Gasteiger charge is -2.17. The molecule has 1 aromatic rings. The standard InChI is InChI=1S/C10H18N4/c1-3-5-8(4-2)14-10-9(11)6-12-7-13-10/h6-8H,3-5,11H2,1-2H3,(H,12,13,14). The van der Waals surface area contributed by atoms with Crippen LogP contribution in [0.4, 0.5) is 11.5 Å². The number of anilines is 2. The summed E-state index contributed by atoms with van der Waals surface area (Å²) in [5.41, 5.74) is 6.35. The molecule has 0 aromatic carbocycles. The Bertz CT molecular complexity index is 275. The normalized spacial score (nSPS) is 12.4. The Morgan fingerprint density at radius 1 is 1.50 bits per heavy atom. The molecule has 0 aliphatic carbocycles. The van der Waals surface area contributed by atoms with Crippen LogP contribution in [-0.4, -0.2) is 16.0 Å². The monoisotopic (exact) mass is 194 g/mol. The van der Waals surface area contributed by atoms with Crippen LogP contribution in [-0.2, 0) is 0 Å². The lowest BCUT2D eigenvalue weighted by atomic mass is 10.1. The minimum atomic E-state index is 0.456. The van der Waals surface area contributed by atoms with Gasteiger partial charge in [-0.15, -0.1) is 0 Å². The van der Waals surface area contributed by atoms with Crippen LogP contribution in [0.2, 0.25) is 0 Å². The molecule has 4 heteroatoms. The minimum Gasteiger partial charge on any atom is -0.394 e. The zero-order chi connectivity index (χ0) is 10.4. The molecule has 0 aliphatic heterocycles. The summed E-state index contributed by atoms with van der Waals surface area (Å²) in [4.78, 5) is 7.95. The average molecular weight is 194 g/mol. The molecule has 0 aliphatic rings. The minimum absolute atomic E-state index is 0.456. The van der Waals surface area contributed by atoms with Crippen LogP contribution in [0.15, 0.2) is 12.5 Å². The highest BCUT2D eigenvalue weighted by Crippen LogP contribution is 2.15. The molecule has 3 N–H and O–H groups in total. The van der Waals surface area contributed by atoms with Crippen LogP contribution in [0.3, 0.4) is 0 Å².